The lowest BCUT2D eigenvalue weighted by molar-refractivity contribution is -0.133. The summed E-state index contributed by atoms with van der Waals surface area (Å²) >= 11 is 0. The molecule has 0 spiro atoms. The molecular formula is C31H29N5O3. The third-order valence-corrected chi connectivity index (χ3v) is 6.51. The van der Waals surface area contributed by atoms with E-state index in [4.69, 9.17) is 9.72 Å². The van der Waals surface area contributed by atoms with Crippen LogP contribution in [0.4, 0.5) is 0 Å². The van der Waals surface area contributed by atoms with E-state index < -0.39 is 6.04 Å². The SMILES string of the molecule is CCOc1ccc(-n2c(C(C)N(Cc3cccnc3)C(=O)Cc3ccccc3)nc3ncccc3c2=O)cc1. The molecule has 1 unspecified atom stereocenters. The second-order valence-corrected chi connectivity index (χ2v) is 9.13. The fraction of sp³-hybridized carbons (Fsp3) is 0.194. The monoisotopic (exact) mass is 519 g/mol. The van der Waals surface area contributed by atoms with Crippen LogP contribution in [0.2, 0.25) is 0 Å². The van der Waals surface area contributed by atoms with Crippen molar-refractivity contribution in [2.24, 2.45) is 0 Å². The Bertz CT molecular complexity index is 1620. The number of pyridine rings is 2. The standard InChI is InChI=1S/C31H29N5O3/c1-3-39-26-15-13-25(14-16-26)36-30(34-29-27(31(36)38)12-8-18-33-29)22(2)35(21-24-11-7-17-32-20-24)28(37)19-23-9-5-4-6-10-23/h4-18,20,22H,3,19,21H2,1-2H3. The summed E-state index contributed by atoms with van der Waals surface area (Å²) < 4.78 is 7.16. The van der Waals surface area contributed by atoms with Crippen molar-refractivity contribution in [3.8, 4) is 11.4 Å². The third-order valence-electron chi connectivity index (χ3n) is 6.51. The van der Waals surface area contributed by atoms with Crippen LogP contribution in [0.25, 0.3) is 16.7 Å². The van der Waals surface area contributed by atoms with E-state index in [1.165, 1.54) is 0 Å². The highest BCUT2D eigenvalue weighted by atomic mass is 16.5. The van der Waals surface area contributed by atoms with Gasteiger partial charge in [0.1, 0.15) is 11.6 Å². The van der Waals surface area contributed by atoms with Gasteiger partial charge in [-0.25, -0.2) is 9.97 Å². The summed E-state index contributed by atoms with van der Waals surface area (Å²) in [6.07, 6.45) is 5.26. The number of hydrogen-bond donors (Lipinski definition) is 0. The summed E-state index contributed by atoms with van der Waals surface area (Å²) in [5.74, 6) is 1.03. The van der Waals surface area contributed by atoms with E-state index in [9.17, 15) is 9.59 Å². The van der Waals surface area contributed by atoms with Crippen molar-refractivity contribution in [1.82, 2.24) is 24.4 Å². The Labute approximate surface area is 226 Å². The summed E-state index contributed by atoms with van der Waals surface area (Å²) in [5.41, 5.74) is 2.49. The average Bonchev–Trinajstić information content (AvgIpc) is 2.97. The molecule has 3 heterocycles. The predicted octanol–water partition coefficient (Wildman–Crippen LogP) is 4.91. The number of carbonyl (C=O) groups excluding carboxylic acids is 1. The number of nitrogens with zero attached hydrogens (tertiary/aromatic N) is 5. The molecule has 1 atom stereocenters. The first-order valence-corrected chi connectivity index (χ1v) is 12.9. The molecule has 2 aromatic carbocycles. The van der Waals surface area contributed by atoms with Crippen molar-refractivity contribution >= 4 is 16.9 Å². The second-order valence-electron chi connectivity index (χ2n) is 9.13. The number of aromatic nitrogens is 4. The largest absolute Gasteiger partial charge is 0.494 e. The van der Waals surface area contributed by atoms with Gasteiger partial charge in [-0.2, -0.15) is 0 Å². The first kappa shape index (κ1) is 25.8. The molecule has 0 saturated carbocycles. The van der Waals surface area contributed by atoms with Crippen molar-refractivity contribution in [2.45, 2.75) is 32.9 Å². The molecule has 1 amide bonds. The van der Waals surface area contributed by atoms with Gasteiger partial charge in [0.15, 0.2) is 5.65 Å². The van der Waals surface area contributed by atoms with Crippen LogP contribution in [0.3, 0.4) is 0 Å². The van der Waals surface area contributed by atoms with E-state index >= 15 is 0 Å². The number of benzene rings is 2. The fourth-order valence-corrected chi connectivity index (χ4v) is 4.56. The van der Waals surface area contributed by atoms with Gasteiger partial charge in [-0.15, -0.1) is 0 Å². The van der Waals surface area contributed by atoms with Gasteiger partial charge in [0, 0.05) is 25.1 Å². The van der Waals surface area contributed by atoms with Gasteiger partial charge < -0.3 is 9.64 Å². The number of fused-ring (bicyclic) bond motifs is 1. The van der Waals surface area contributed by atoms with Gasteiger partial charge in [-0.3, -0.25) is 19.1 Å². The molecule has 39 heavy (non-hydrogen) atoms. The number of rotatable bonds is 9. The molecule has 0 fully saturated rings. The minimum atomic E-state index is -0.563. The van der Waals surface area contributed by atoms with Crippen LogP contribution >= 0.6 is 0 Å². The zero-order valence-corrected chi connectivity index (χ0v) is 21.9. The fourth-order valence-electron chi connectivity index (χ4n) is 4.56. The van der Waals surface area contributed by atoms with Gasteiger partial charge >= 0.3 is 0 Å². The van der Waals surface area contributed by atoms with Crippen LogP contribution < -0.4 is 10.3 Å². The van der Waals surface area contributed by atoms with E-state index in [1.807, 2.05) is 80.6 Å². The normalized spacial score (nSPS) is 11.7. The van der Waals surface area contributed by atoms with E-state index in [2.05, 4.69) is 9.97 Å². The summed E-state index contributed by atoms with van der Waals surface area (Å²) in [6, 6.07) is 23.5. The second kappa shape index (κ2) is 11.7. The highest BCUT2D eigenvalue weighted by molar-refractivity contribution is 5.79. The number of amides is 1. The Hall–Kier alpha value is -4.85. The maximum atomic E-state index is 13.8. The summed E-state index contributed by atoms with van der Waals surface area (Å²) in [7, 11) is 0. The summed E-state index contributed by atoms with van der Waals surface area (Å²) in [4.78, 5) is 42.8. The molecular weight excluding hydrogens is 490 g/mol. The molecule has 0 bridgehead atoms. The quantitative estimate of drug-likeness (QED) is 0.275. The van der Waals surface area contributed by atoms with Crippen molar-refractivity contribution in [3.05, 3.63) is 125 Å². The van der Waals surface area contributed by atoms with Crippen LogP contribution in [0.5, 0.6) is 5.75 Å². The van der Waals surface area contributed by atoms with Gasteiger partial charge in [-0.1, -0.05) is 36.4 Å². The molecule has 8 nitrogen and oxygen atoms in total. The smallest absolute Gasteiger partial charge is 0.267 e. The first-order valence-electron chi connectivity index (χ1n) is 12.9. The molecule has 0 aliphatic heterocycles. The number of ether oxygens (including phenoxy) is 1. The van der Waals surface area contributed by atoms with Crippen LogP contribution in [0.1, 0.15) is 36.8 Å². The van der Waals surface area contributed by atoms with Crippen molar-refractivity contribution in [3.63, 3.8) is 0 Å². The molecule has 196 valence electrons. The van der Waals surface area contributed by atoms with Crippen molar-refractivity contribution < 1.29 is 9.53 Å². The van der Waals surface area contributed by atoms with E-state index in [-0.39, 0.29) is 17.9 Å². The zero-order valence-electron chi connectivity index (χ0n) is 21.9. The molecule has 0 N–H and O–H groups in total. The Kier molecular flexibility index (Phi) is 7.73. The maximum Gasteiger partial charge on any atom is 0.267 e. The molecule has 0 saturated heterocycles. The van der Waals surface area contributed by atoms with Crippen LogP contribution in [0.15, 0.2) is 102 Å². The molecule has 0 aliphatic carbocycles. The number of carbonyl (C=O) groups is 1. The lowest BCUT2D eigenvalue weighted by Gasteiger charge is -2.30. The van der Waals surface area contributed by atoms with Crippen LogP contribution in [-0.2, 0) is 17.8 Å². The summed E-state index contributed by atoms with van der Waals surface area (Å²) in [6.45, 7) is 4.65. The molecule has 0 aliphatic rings. The maximum absolute atomic E-state index is 13.8. The van der Waals surface area contributed by atoms with Crippen molar-refractivity contribution in [2.75, 3.05) is 6.61 Å². The van der Waals surface area contributed by atoms with Gasteiger partial charge in [0.25, 0.3) is 5.56 Å². The topological polar surface area (TPSA) is 90.2 Å². The molecule has 5 rings (SSSR count). The third kappa shape index (κ3) is 5.70. The predicted molar refractivity (Wildman–Crippen MR) is 150 cm³/mol. The van der Waals surface area contributed by atoms with Crippen LogP contribution in [0, 0.1) is 0 Å². The molecule has 5 aromatic rings. The number of hydrogen-bond acceptors (Lipinski definition) is 6. The Morgan fingerprint density at radius 3 is 2.41 bits per heavy atom. The van der Waals surface area contributed by atoms with E-state index in [1.54, 1.807) is 40.2 Å². The zero-order chi connectivity index (χ0) is 27.2. The average molecular weight is 520 g/mol. The Morgan fingerprint density at radius 2 is 1.69 bits per heavy atom. The molecule has 3 aromatic heterocycles. The van der Waals surface area contributed by atoms with Gasteiger partial charge in [0.05, 0.1) is 30.1 Å². The minimum Gasteiger partial charge on any atom is -0.494 e. The molecule has 0 radical (unpaired) electrons. The Morgan fingerprint density at radius 1 is 0.949 bits per heavy atom. The van der Waals surface area contributed by atoms with E-state index in [0.717, 1.165) is 11.1 Å². The first-order chi connectivity index (χ1) is 19.0. The highest BCUT2D eigenvalue weighted by Crippen LogP contribution is 2.26. The van der Waals surface area contributed by atoms with E-state index in [0.29, 0.717) is 41.4 Å². The summed E-state index contributed by atoms with van der Waals surface area (Å²) in [5, 5.41) is 0.400. The lowest BCUT2D eigenvalue weighted by Crippen LogP contribution is -2.38. The minimum absolute atomic E-state index is 0.0915. The van der Waals surface area contributed by atoms with Gasteiger partial charge in [-0.05, 0) is 67.4 Å². The van der Waals surface area contributed by atoms with Crippen LogP contribution in [-0.4, -0.2) is 36.9 Å². The lowest BCUT2D eigenvalue weighted by atomic mass is 10.1. The highest BCUT2D eigenvalue weighted by Gasteiger charge is 2.27. The molecule has 8 heteroatoms. The van der Waals surface area contributed by atoms with Crippen molar-refractivity contribution in [1.29, 1.82) is 0 Å². The van der Waals surface area contributed by atoms with Gasteiger partial charge in [0.2, 0.25) is 5.91 Å². The Balaban J connectivity index is 1.63.